The molecule has 3 aromatic heterocycles. The second-order valence-electron chi connectivity index (χ2n) is 8.76. The number of hydrogen-bond donors (Lipinski definition) is 0. The summed E-state index contributed by atoms with van der Waals surface area (Å²) in [6, 6.07) is 9.36. The van der Waals surface area contributed by atoms with Crippen molar-refractivity contribution in [3.63, 3.8) is 0 Å². The van der Waals surface area contributed by atoms with Crippen LogP contribution < -0.4 is 18.9 Å². The summed E-state index contributed by atoms with van der Waals surface area (Å²) in [6.45, 7) is 2.45. The minimum Gasteiger partial charge on any atom is -0.493 e. The number of amides is 1. The smallest absolute Gasteiger partial charge is 0.255 e. The third-order valence-electron chi connectivity index (χ3n) is 6.49. The van der Waals surface area contributed by atoms with Crippen molar-refractivity contribution < 1.29 is 23.7 Å². The van der Waals surface area contributed by atoms with Crippen molar-refractivity contribution in [3.8, 4) is 23.1 Å². The lowest BCUT2D eigenvalue weighted by molar-refractivity contribution is 0.0651. The van der Waals surface area contributed by atoms with E-state index >= 15 is 0 Å². The van der Waals surface area contributed by atoms with Crippen LogP contribution in [-0.4, -0.2) is 64.2 Å². The Morgan fingerprint density at radius 1 is 1.08 bits per heavy atom. The summed E-state index contributed by atoms with van der Waals surface area (Å²) < 4.78 is 25.0. The molecule has 184 valence electrons. The summed E-state index contributed by atoms with van der Waals surface area (Å²) in [5, 5.41) is 0. The van der Waals surface area contributed by atoms with Crippen molar-refractivity contribution in [2.45, 2.75) is 19.1 Å². The molecular formula is C26H25N5O5. The molecule has 5 heterocycles. The lowest BCUT2D eigenvalue weighted by atomic mass is 10.1. The SMILES string of the molecule is COc1ccc([C@@H]2COc3cc(Cn4cnc5cc(C(=O)N6CCC6)cnc54)cc(OC)c3O2)cn1. The van der Waals surface area contributed by atoms with Crippen molar-refractivity contribution in [3.05, 3.63) is 65.7 Å². The first kappa shape index (κ1) is 22.1. The van der Waals surface area contributed by atoms with E-state index in [1.807, 2.05) is 27.7 Å². The number of pyridine rings is 2. The van der Waals surface area contributed by atoms with Crippen LogP contribution in [-0.2, 0) is 6.54 Å². The molecule has 1 fully saturated rings. The summed E-state index contributed by atoms with van der Waals surface area (Å²) in [5.74, 6) is 2.29. The number of carbonyl (C=O) groups is 1. The standard InChI is InChI=1S/C26H25N5O5/c1-33-20-8-16(9-21-24(20)36-22(14-35-21)17-4-5-23(34-2)27-11-17)13-31-15-29-19-10-18(12-28-25(19)31)26(32)30-6-3-7-30/h4-5,8-12,15,22H,3,6-7,13-14H2,1-2H3/t22-/m0/s1. The van der Waals surface area contributed by atoms with E-state index in [1.54, 1.807) is 45.1 Å². The number of carbonyl (C=O) groups excluding carboxylic acids is 1. The molecule has 0 saturated carbocycles. The van der Waals surface area contributed by atoms with Crippen LogP contribution in [0.4, 0.5) is 0 Å². The first-order valence-corrected chi connectivity index (χ1v) is 11.7. The van der Waals surface area contributed by atoms with Crippen LogP contribution in [0.1, 0.15) is 34.0 Å². The zero-order valence-electron chi connectivity index (χ0n) is 20.0. The highest BCUT2D eigenvalue weighted by Gasteiger charge is 2.27. The van der Waals surface area contributed by atoms with Gasteiger partial charge in [0.05, 0.1) is 32.7 Å². The molecule has 0 spiro atoms. The van der Waals surface area contributed by atoms with Crippen molar-refractivity contribution in [1.82, 2.24) is 24.4 Å². The number of rotatable bonds is 6. The number of methoxy groups -OCH3 is 2. The number of fused-ring (bicyclic) bond motifs is 2. The van der Waals surface area contributed by atoms with Crippen molar-refractivity contribution >= 4 is 17.1 Å². The molecule has 0 aliphatic carbocycles. The lowest BCUT2D eigenvalue weighted by Crippen LogP contribution is -2.42. The Bertz CT molecular complexity index is 1410. The lowest BCUT2D eigenvalue weighted by Gasteiger charge is -2.30. The molecule has 2 aliphatic rings. The Hall–Kier alpha value is -4.34. The van der Waals surface area contributed by atoms with Gasteiger partial charge < -0.3 is 28.4 Å². The van der Waals surface area contributed by atoms with Gasteiger partial charge in [0, 0.05) is 37.1 Å². The Balaban J connectivity index is 1.24. The zero-order valence-corrected chi connectivity index (χ0v) is 20.0. The molecule has 4 aromatic rings. The fraction of sp³-hybridized carbons (Fsp3) is 0.308. The number of likely N-dealkylation sites (tertiary alicyclic amines) is 1. The van der Waals surface area contributed by atoms with Crippen molar-refractivity contribution in [2.24, 2.45) is 0 Å². The highest BCUT2D eigenvalue weighted by atomic mass is 16.6. The highest BCUT2D eigenvalue weighted by Crippen LogP contribution is 2.44. The summed E-state index contributed by atoms with van der Waals surface area (Å²) in [5.41, 5.74) is 3.78. The highest BCUT2D eigenvalue weighted by molar-refractivity contribution is 5.96. The van der Waals surface area contributed by atoms with Crippen LogP contribution in [0.15, 0.2) is 49.1 Å². The largest absolute Gasteiger partial charge is 0.493 e. The van der Waals surface area contributed by atoms with Gasteiger partial charge in [-0.25, -0.2) is 15.0 Å². The fourth-order valence-electron chi connectivity index (χ4n) is 4.39. The topological polar surface area (TPSA) is 101 Å². The normalized spacial score (nSPS) is 16.5. The molecule has 1 aromatic carbocycles. The van der Waals surface area contributed by atoms with Crippen LogP contribution in [0.3, 0.4) is 0 Å². The molecule has 0 bridgehead atoms. The number of nitrogens with zero attached hydrogens (tertiary/aromatic N) is 5. The molecule has 2 aliphatic heterocycles. The maximum absolute atomic E-state index is 12.5. The molecule has 1 saturated heterocycles. The number of benzene rings is 1. The molecule has 10 nitrogen and oxygen atoms in total. The van der Waals surface area contributed by atoms with Crippen molar-refractivity contribution in [2.75, 3.05) is 33.9 Å². The summed E-state index contributed by atoms with van der Waals surface area (Å²) >= 11 is 0. The van der Waals surface area contributed by atoms with Gasteiger partial charge in [0.25, 0.3) is 5.91 Å². The van der Waals surface area contributed by atoms with E-state index in [9.17, 15) is 4.79 Å². The maximum Gasteiger partial charge on any atom is 0.255 e. The van der Waals surface area contributed by atoms with Gasteiger partial charge in [0.15, 0.2) is 23.3 Å². The maximum atomic E-state index is 12.5. The predicted octanol–water partition coefficient (Wildman–Crippen LogP) is 3.25. The molecule has 36 heavy (non-hydrogen) atoms. The van der Waals surface area contributed by atoms with Crippen LogP contribution >= 0.6 is 0 Å². The van der Waals surface area contributed by atoms with Crippen molar-refractivity contribution in [1.29, 1.82) is 0 Å². The van der Waals surface area contributed by atoms with Gasteiger partial charge in [-0.1, -0.05) is 0 Å². The number of aromatic nitrogens is 4. The van der Waals surface area contributed by atoms with E-state index in [2.05, 4.69) is 15.0 Å². The molecule has 0 unspecified atom stereocenters. The summed E-state index contributed by atoms with van der Waals surface area (Å²) in [4.78, 5) is 27.6. The Morgan fingerprint density at radius 3 is 2.69 bits per heavy atom. The van der Waals surface area contributed by atoms with E-state index in [0.717, 1.165) is 30.6 Å². The van der Waals surface area contributed by atoms with Gasteiger partial charge in [-0.15, -0.1) is 0 Å². The van der Waals surface area contributed by atoms with Crippen LogP contribution in [0.5, 0.6) is 23.1 Å². The molecule has 10 heteroatoms. The zero-order chi connectivity index (χ0) is 24.6. The van der Waals surface area contributed by atoms with E-state index in [-0.39, 0.29) is 12.0 Å². The second kappa shape index (κ2) is 9.03. The van der Waals surface area contributed by atoms with Gasteiger partial charge in [0.2, 0.25) is 11.6 Å². The Labute approximate surface area is 207 Å². The van der Waals surface area contributed by atoms with Gasteiger partial charge >= 0.3 is 0 Å². The van der Waals surface area contributed by atoms with Gasteiger partial charge in [-0.2, -0.15) is 0 Å². The van der Waals surface area contributed by atoms with Crippen LogP contribution in [0, 0.1) is 0 Å². The Kier molecular flexibility index (Phi) is 5.55. The van der Waals surface area contributed by atoms with Gasteiger partial charge in [-0.3, -0.25) is 4.79 Å². The summed E-state index contributed by atoms with van der Waals surface area (Å²) in [6.07, 6.45) is 5.81. The monoisotopic (exact) mass is 487 g/mol. The number of ether oxygens (including phenoxy) is 4. The quantitative estimate of drug-likeness (QED) is 0.409. The first-order chi connectivity index (χ1) is 17.6. The van der Waals surface area contributed by atoms with E-state index in [4.69, 9.17) is 18.9 Å². The third kappa shape index (κ3) is 3.94. The molecule has 1 atom stereocenters. The predicted molar refractivity (Wildman–Crippen MR) is 130 cm³/mol. The van der Waals surface area contributed by atoms with E-state index in [0.29, 0.717) is 53.0 Å². The van der Waals surface area contributed by atoms with Gasteiger partial charge in [-0.05, 0) is 36.2 Å². The summed E-state index contributed by atoms with van der Waals surface area (Å²) in [7, 11) is 3.18. The fourth-order valence-corrected chi connectivity index (χ4v) is 4.39. The second-order valence-corrected chi connectivity index (χ2v) is 8.76. The number of imidazole rings is 1. The molecule has 0 radical (unpaired) electrons. The Morgan fingerprint density at radius 2 is 1.97 bits per heavy atom. The molecule has 1 amide bonds. The van der Waals surface area contributed by atoms with Gasteiger partial charge in [0.1, 0.15) is 12.1 Å². The molecular weight excluding hydrogens is 462 g/mol. The molecule has 6 rings (SSSR count). The average molecular weight is 488 g/mol. The van der Waals surface area contributed by atoms with E-state index < -0.39 is 0 Å². The molecule has 0 N–H and O–H groups in total. The van der Waals surface area contributed by atoms with E-state index in [1.165, 1.54) is 0 Å². The minimum atomic E-state index is -0.314. The first-order valence-electron chi connectivity index (χ1n) is 11.7. The van der Waals surface area contributed by atoms with Crippen LogP contribution in [0.2, 0.25) is 0 Å². The average Bonchev–Trinajstić information content (AvgIpc) is 3.28. The third-order valence-corrected chi connectivity index (χ3v) is 6.49. The minimum absolute atomic E-state index is 0.00509. The van der Waals surface area contributed by atoms with Crippen LogP contribution in [0.25, 0.3) is 11.2 Å². The number of hydrogen-bond acceptors (Lipinski definition) is 8.